The molecule has 0 atom stereocenters. The summed E-state index contributed by atoms with van der Waals surface area (Å²) >= 11 is 1.37. The zero-order chi connectivity index (χ0) is 17.7. The average molecular weight is 367 g/mol. The van der Waals surface area contributed by atoms with Crippen LogP contribution >= 0.6 is 11.3 Å². The van der Waals surface area contributed by atoms with Crippen LogP contribution in [0.3, 0.4) is 0 Å². The maximum absolute atomic E-state index is 12.0. The fourth-order valence-electron chi connectivity index (χ4n) is 1.91. The van der Waals surface area contributed by atoms with Gasteiger partial charge in [-0.25, -0.2) is 17.9 Å². The normalized spacial score (nSPS) is 11.2. The van der Waals surface area contributed by atoms with Crippen LogP contribution in [0.15, 0.2) is 41.3 Å². The predicted molar refractivity (Wildman–Crippen MR) is 91.0 cm³/mol. The molecule has 6 nitrogen and oxygen atoms in total. The van der Waals surface area contributed by atoms with Crippen LogP contribution in [0.1, 0.15) is 31.8 Å². The largest absolute Gasteiger partial charge is 0.454 e. The molecule has 0 aliphatic heterocycles. The van der Waals surface area contributed by atoms with Gasteiger partial charge < -0.3 is 4.74 Å². The highest BCUT2D eigenvalue weighted by molar-refractivity contribution is 7.89. The minimum absolute atomic E-state index is 0.0448. The number of ketones is 1. The fourth-order valence-corrected chi connectivity index (χ4v) is 3.56. The second-order valence-corrected chi connectivity index (χ2v) is 7.91. The van der Waals surface area contributed by atoms with Crippen molar-refractivity contribution in [1.82, 2.24) is 4.72 Å². The Morgan fingerprint density at radius 1 is 1.21 bits per heavy atom. The summed E-state index contributed by atoms with van der Waals surface area (Å²) in [5.41, 5.74) is 0.0690. The van der Waals surface area contributed by atoms with Crippen molar-refractivity contribution in [2.24, 2.45) is 0 Å². The third-order valence-corrected chi connectivity index (χ3v) is 5.95. The van der Waals surface area contributed by atoms with Gasteiger partial charge in [0.05, 0.1) is 15.3 Å². The van der Waals surface area contributed by atoms with Gasteiger partial charge in [-0.3, -0.25) is 4.79 Å². The quantitative estimate of drug-likeness (QED) is 0.599. The number of hydrogen-bond donors (Lipinski definition) is 1. The molecule has 0 spiro atoms. The van der Waals surface area contributed by atoms with Gasteiger partial charge in [0.2, 0.25) is 15.8 Å². The Hall–Kier alpha value is -2.03. The van der Waals surface area contributed by atoms with Crippen LogP contribution in [0.25, 0.3) is 0 Å². The Morgan fingerprint density at radius 3 is 2.58 bits per heavy atom. The molecule has 0 fully saturated rings. The number of benzene rings is 1. The lowest BCUT2D eigenvalue weighted by atomic mass is 10.2. The Morgan fingerprint density at radius 2 is 1.96 bits per heavy atom. The van der Waals surface area contributed by atoms with Crippen molar-refractivity contribution in [3.8, 4) is 0 Å². The third-order valence-electron chi connectivity index (χ3n) is 3.27. The Balaban J connectivity index is 2.05. The van der Waals surface area contributed by atoms with Crippen LogP contribution in [-0.4, -0.2) is 33.8 Å². The Bertz CT molecular complexity index is 855. The first kappa shape index (κ1) is 18.3. The number of nitrogens with one attached hydrogen (secondary N) is 1. The second kappa shape index (κ2) is 7.69. The van der Waals surface area contributed by atoms with Crippen molar-refractivity contribution >= 4 is 33.1 Å². The molecule has 2 rings (SSSR count). The summed E-state index contributed by atoms with van der Waals surface area (Å²) in [5, 5.41) is 0. The molecule has 0 unspecified atom stereocenters. The van der Waals surface area contributed by atoms with Gasteiger partial charge in [0, 0.05) is 4.88 Å². The van der Waals surface area contributed by atoms with Gasteiger partial charge in [-0.05, 0) is 43.8 Å². The monoisotopic (exact) mass is 367 g/mol. The summed E-state index contributed by atoms with van der Waals surface area (Å²) < 4.78 is 30.6. The molecule has 2 aromatic rings. The number of Topliss-reactive ketones (excluding diaryl/α,β-unsaturated/α-hetero) is 1. The second-order valence-electron chi connectivity index (χ2n) is 4.85. The number of ether oxygens (including phenoxy) is 1. The van der Waals surface area contributed by atoms with E-state index in [0.717, 1.165) is 11.3 Å². The molecule has 0 amide bonds. The van der Waals surface area contributed by atoms with E-state index in [1.807, 2.05) is 13.0 Å². The van der Waals surface area contributed by atoms with E-state index >= 15 is 0 Å². The van der Waals surface area contributed by atoms with E-state index in [4.69, 9.17) is 4.74 Å². The highest BCUT2D eigenvalue weighted by Gasteiger charge is 2.17. The van der Waals surface area contributed by atoms with Gasteiger partial charge in [0.25, 0.3) is 0 Å². The zero-order valence-electron chi connectivity index (χ0n) is 13.2. The highest BCUT2D eigenvalue weighted by Crippen LogP contribution is 2.18. The fraction of sp³-hybridized carbons (Fsp3) is 0.250. The van der Waals surface area contributed by atoms with Crippen molar-refractivity contribution in [1.29, 1.82) is 0 Å². The van der Waals surface area contributed by atoms with Gasteiger partial charge in [-0.15, -0.1) is 11.3 Å². The number of rotatable bonds is 7. The van der Waals surface area contributed by atoms with Gasteiger partial charge in [0.1, 0.15) is 0 Å². The van der Waals surface area contributed by atoms with E-state index in [2.05, 4.69) is 4.72 Å². The van der Waals surface area contributed by atoms with Gasteiger partial charge in [-0.1, -0.05) is 13.0 Å². The minimum atomic E-state index is -3.65. The molecule has 1 N–H and O–H groups in total. The van der Waals surface area contributed by atoms with Crippen LogP contribution in [0.2, 0.25) is 0 Å². The summed E-state index contributed by atoms with van der Waals surface area (Å²) in [6.07, 6.45) is 0.838. The smallest absolute Gasteiger partial charge is 0.338 e. The molecule has 0 saturated heterocycles. The van der Waals surface area contributed by atoms with E-state index in [1.54, 1.807) is 6.07 Å². The maximum Gasteiger partial charge on any atom is 0.338 e. The number of carbonyl (C=O) groups is 2. The number of sulfonamides is 1. The summed E-state index contributed by atoms with van der Waals surface area (Å²) in [4.78, 5) is 25.6. The van der Waals surface area contributed by atoms with Crippen molar-refractivity contribution in [2.75, 3.05) is 13.7 Å². The summed E-state index contributed by atoms with van der Waals surface area (Å²) in [6, 6.07) is 9.02. The first-order chi connectivity index (χ1) is 11.4. The van der Waals surface area contributed by atoms with E-state index in [1.165, 1.54) is 42.6 Å². The van der Waals surface area contributed by atoms with E-state index < -0.39 is 16.0 Å². The SMILES string of the molecule is CCc1ccc(C(=O)COC(=O)c2cccc(S(=O)(=O)NC)c2)s1. The van der Waals surface area contributed by atoms with Crippen molar-refractivity contribution in [3.63, 3.8) is 0 Å². The van der Waals surface area contributed by atoms with Crippen molar-refractivity contribution in [3.05, 3.63) is 51.7 Å². The molecule has 8 heteroatoms. The number of esters is 1. The summed E-state index contributed by atoms with van der Waals surface area (Å²) in [7, 11) is -2.37. The van der Waals surface area contributed by atoms with E-state index in [0.29, 0.717) is 4.88 Å². The molecule has 1 heterocycles. The zero-order valence-corrected chi connectivity index (χ0v) is 14.9. The Labute approximate surface area is 144 Å². The molecule has 0 aliphatic rings. The molecule has 1 aromatic heterocycles. The summed E-state index contributed by atoms with van der Waals surface area (Å²) in [6.45, 7) is 1.61. The molecular weight excluding hydrogens is 350 g/mol. The lowest BCUT2D eigenvalue weighted by molar-refractivity contribution is 0.0475. The number of aryl methyl sites for hydroxylation is 1. The highest BCUT2D eigenvalue weighted by atomic mass is 32.2. The van der Waals surface area contributed by atoms with Crippen LogP contribution in [0, 0.1) is 0 Å². The standard InChI is InChI=1S/C16H17NO5S2/c1-3-12-7-8-15(23-12)14(18)10-22-16(19)11-5-4-6-13(9-11)24(20,21)17-2/h4-9,17H,3,10H2,1-2H3. The first-order valence-corrected chi connectivity index (χ1v) is 9.50. The maximum atomic E-state index is 12.0. The van der Waals surface area contributed by atoms with Crippen molar-refractivity contribution < 1.29 is 22.7 Å². The molecule has 24 heavy (non-hydrogen) atoms. The van der Waals surface area contributed by atoms with Gasteiger partial charge >= 0.3 is 5.97 Å². The third kappa shape index (κ3) is 4.28. The number of carbonyl (C=O) groups excluding carboxylic acids is 2. The minimum Gasteiger partial charge on any atom is -0.454 e. The average Bonchev–Trinajstić information content (AvgIpc) is 3.08. The van der Waals surface area contributed by atoms with Crippen LogP contribution in [-0.2, 0) is 21.2 Å². The van der Waals surface area contributed by atoms with Crippen LogP contribution < -0.4 is 4.72 Å². The molecule has 0 bridgehead atoms. The summed E-state index contributed by atoms with van der Waals surface area (Å²) in [5.74, 6) is -1.03. The molecular formula is C16H17NO5S2. The van der Waals surface area contributed by atoms with E-state index in [-0.39, 0.29) is 22.8 Å². The number of hydrogen-bond acceptors (Lipinski definition) is 6. The number of thiophene rings is 1. The van der Waals surface area contributed by atoms with Gasteiger partial charge in [-0.2, -0.15) is 0 Å². The lowest BCUT2D eigenvalue weighted by Gasteiger charge is -2.06. The molecule has 0 radical (unpaired) electrons. The van der Waals surface area contributed by atoms with Gasteiger partial charge in [0.15, 0.2) is 6.61 Å². The predicted octanol–water partition coefficient (Wildman–Crippen LogP) is 2.26. The molecule has 0 aliphatic carbocycles. The topological polar surface area (TPSA) is 89.5 Å². The first-order valence-electron chi connectivity index (χ1n) is 7.20. The molecule has 0 saturated carbocycles. The van der Waals surface area contributed by atoms with Crippen LogP contribution in [0.5, 0.6) is 0 Å². The van der Waals surface area contributed by atoms with Crippen LogP contribution in [0.4, 0.5) is 0 Å². The van der Waals surface area contributed by atoms with E-state index in [9.17, 15) is 18.0 Å². The molecule has 128 valence electrons. The molecule has 1 aromatic carbocycles. The van der Waals surface area contributed by atoms with Crippen molar-refractivity contribution in [2.45, 2.75) is 18.2 Å². The Kier molecular flexibility index (Phi) is 5.87. The lowest BCUT2D eigenvalue weighted by Crippen LogP contribution is -2.19.